The van der Waals surface area contributed by atoms with E-state index < -0.39 is 5.79 Å². The molecule has 1 aliphatic carbocycles. The van der Waals surface area contributed by atoms with Crippen LogP contribution in [0.25, 0.3) is 0 Å². The zero-order valence-electron chi connectivity index (χ0n) is 23.3. The predicted octanol–water partition coefficient (Wildman–Crippen LogP) is 4.97. The first-order chi connectivity index (χ1) is 18.5. The van der Waals surface area contributed by atoms with Crippen LogP contribution >= 0.6 is 23.4 Å². The minimum absolute atomic E-state index is 0.108. The van der Waals surface area contributed by atoms with Gasteiger partial charge >= 0.3 is 0 Å². The molecule has 212 valence electrons. The molecule has 39 heavy (non-hydrogen) atoms. The summed E-state index contributed by atoms with van der Waals surface area (Å²) in [5.74, 6) is 0.0555. The molecule has 1 saturated carbocycles. The summed E-state index contributed by atoms with van der Waals surface area (Å²) < 4.78 is 18.2. The maximum atomic E-state index is 13.2. The van der Waals surface area contributed by atoms with Gasteiger partial charge in [0, 0.05) is 64.7 Å². The molecule has 1 saturated heterocycles. The van der Waals surface area contributed by atoms with E-state index in [2.05, 4.69) is 22.5 Å². The van der Waals surface area contributed by atoms with Gasteiger partial charge in [-0.05, 0) is 57.9 Å². The van der Waals surface area contributed by atoms with Gasteiger partial charge in [0.15, 0.2) is 11.5 Å². The van der Waals surface area contributed by atoms with Crippen molar-refractivity contribution in [2.24, 2.45) is 11.3 Å². The number of thioether (sulfide) groups is 1. The number of carbonyl (C=O) groups excluding carboxylic acids is 1. The second-order valence-corrected chi connectivity index (χ2v) is 12.9. The van der Waals surface area contributed by atoms with E-state index in [0.717, 1.165) is 56.0 Å². The number of aromatic nitrogens is 1. The number of aryl methyl sites for hydroxylation is 1. The first kappa shape index (κ1) is 28.3. The Hall–Kier alpha value is -2.20. The molecule has 3 heterocycles. The number of benzene rings is 1. The summed E-state index contributed by atoms with van der Waals surface area (Å²) >= 11 is 8.10. The summed E-state index contributed by atoms with van der Waals surface area (Å²) in [6.07, 6.45) is 5.96. The molecule has 1 amide bonds. The van der Waals surface area contributed by atoms with Crippen molar-refractivity contribution in [2.75, 3.05) is 26.0 Å². The van der Waals surface area contributed by atoms with Crippen LogP contribution in [0, 0.1) is 25.2 Å². The maximum absolute atomic E-state index is 13.2. The number of nitrogens with one attached hydrogen (secondary N) is 3. The molecule has 0 spiro atoms. The molecule has 2 aromatic rings. The summed E-state index contributed by atoms with van der Waals surface area (Å²) in [4.78, 5) is 29.4. The Bertz CT molecular complexity index is 1320. The maximum Gasteiger partial charge on any atom is 0.254 e. The van der Waals surface area contributed by atoms with E-state index in [9.17, 15) is 9.59 Å². The lowest BCUT2D eigenvalue weighted by Gasteiger charge is -2.41. The SMILES string of the molecule is CSc1cc(C)[nH]c(=O)c1CNC(=O)c1cc(Cl)c2c(c1C)O[C@](C)([C@H]1CC[C@H](NCC3(C)COC3)CC1)O2. The molecule has 8 nitrogen and oxygen atoms in total. The van der Waals surface area contributed by atoms with E-state index in [1.54, 1.807) is 6.07 Å². The molecular weight excluding hydrogens is 538 g/mol. The Kier molecular flexibility index (Phi) is 7.99. The van der Waals surface area contributed by atoms with Gasteiger partial charge in [0.05, 0.1) is 18.2 Å². The molecule has 2 fully saturated rings. The lowest BCUT2D eigenvalue weighted by atomic mass is 9.80. The third-order valence-corrected chi connectivity index (χ3v) is 9.44. The smallest absolute Gasteiger partial charge is 0.254 e. The van der Waals surface area contributed by atoms with Gasteiger partial charge in [-0.1, -0.05) is 18.5 Å². The summed E-state index contributed by atoms with van der Waals surface area (Å²) in [6.45, 7) is 10.7. The summed E-state index contributed by atoms with van der Waals surface area (Å²) in [5.41, 5.74) is 2.44. The van der Waals surface area contributed by atoms with Crippen LogP contribution in [0.15, 0.2) is 21.8 Å². The second kappa shape index (κ2) is 11.0. The van der Waals surface area contributed by atoms with Gasteiger partial charge in [0.2, 0.25) is 0 Å². The zero-order valence-corrected chi connectivity index (χ0v) is 24.9. The number of ether oxygens (including phenoxy) is 3. The van der Waals surface area contributed by atoms with Gasteiger partial charge in [-0.25, -0.2) is 0 Å². The highest BCUT2D eigenvalue weighted by Crippen LogP contribution is 2.51. The number of halogens is 1. The number of aromatic amines is 1. The lowest BCUT2D eigenvalue weighted by Crippen LogP contribution is -2.51. The molecule has 3 N–H and O–H groups in total. The Balaban J connectivity index is 1.25. The predicted molar refractivity (Wildman–Crippen MR) is 153 cm³/mol. The van der Waals surface area contributed by atoms with E-state index in [4.69, 9.17) is 25.8 Å². The Labute approximate surface area is 238 Å². The summed E-state index contributed by atoms with van der Waals surface area (Å²) in [5, 5.41) is 6.96. The number of hydrogen-bond acceptors (Lipinski definition) is 7. The number of fused-ring (bicyclic) bond motifs is 1. The molecule has 0 bridgehead atoms. The van der Waals surface area contributed by atoms with Gasteiger partial charge in [0.1, 0.15) is 0 Å². The van der Waals surface area contributed by atoms with Gasteiger partial charge < -0.3 is 29.8 Å². The summed E-state index contributed by atoms with van der Waals surface area (Å²) in [6, 6.07) is 4.02. The van der Waals surface area contributed by atoms with Crippen LogP contribution in [0.1, 0.15) is 66.7 Å². The largest absolute Gasteiger partial charge is 0.448 e. The van der Waals surface area contributed by atoms with Crippen LogP contribution in [-0.4, -0.2) is 48.7 Å². The number of hydrogen-bond donors (Lipinski definition) is 3. The lowest BCUT2D eigenvalue weighted by molar-refractivity contribution is -0.123. The quantitative estimate of drug-likeness (QED) is 0.382. The number of carbonyl (C=O) groups is 1. The van der Waals surface area contributed by atoms with Crippen LogP contribution in [0.3, 0.4) is 0 Å². The third-order valence-electron chi connectivity index (χ3n) is 8.36. The molecule has 1 aromatic carbocycles. The number of amides is 1. The molecule has 1 aromatic heterocycles. The minimum atomic E-state index is -0.840. The van der Waals surface area contributed by atoms with Crippen molar-refractivity contribution in [1.82, 2.24) is 15.6 Å². The molecule has 0 unspecified atom stereocenters. The highest BCUT2D eigenvalue weighted by atomic mass is 35.5. The molecular formula is C29H38ClN3O5S. The normalized spacial score (nSPS) is 25.3. The highest BCUT2D eigenvalue weighted by molar-refractivity contribution is 7.98. The minimum Gasteiger partial charge on any atom is -0.448 e. The number of H-pyrrole nitrogens is 1. The van der Waals surface area contributed by atoms with E-state index in [1.165, 1.54) is 11.8 Å². The van der Waals surface area contributed by atoms with Crippen molar-refractivity contribution in [2.45, 2.75) is 76.6 Å². The fourth-order valence-electron chi connectivity index (χ4n) is 5.81. The van der Waals surface area contributed by atoms with Crippen LogP contribution in [0.4, 0.5) is 0 Å². The monoisotopic (exact) mass is 575 g/mol. The van der Waals surface area contributed by atoms with Crippen LogP contribution in [0.2, 0.25) is 5.02 Å². The zero-order chi connectivity index (χ0) is 27.9. The van der Waals surface area contributed by atoms with Crippen molar-refractivity contribution >= 4 is 29.3 Å². The second-order valence-electron chi connectivity index (χ2n) is 11.7. The average Bonchev–Trinajstić information content (AvgIpc) is 3.27. The van der Waals surface area contributed by atoms with Gasteiger partial charge in [-0.15, -0.1) is 11.8 Å². The Morgan fingerprint density at radius 1 is 1.13 bits per heavy atom. The fraction of sp³-hybridized carbons (Fsp3) is 0.586. The van der Waals surface area contributed by atoms with Crippen molar-refractivity contribution in [3.63, 3.8) is 0 Å². The van der Waals surface area contributed by atoms with Crippen LogP contribution in [-0.2, 0) is 11.3 Å². The molecule has 5 rings (SSSR count). The average molecular weight is 576 g/mol. The van der Waals surface area contributed by atoms with Gasteiger partial charge in [0.25, 0.3) is 17.3 Å². The van der Waals surface area contributed by atoms with Crippen molar-refractivity contribution in [3.05, 3.63) is 49.9 Å². The Morgan fingerprint density at radius 3 is 2.46 bits per heavy atom. The summed E-state index contributed by atoms with van der Waals surface area (Å²) in [7, 11) is 0. The van der Waals surface area contributed by atoms with Crippen LogP contribution in [0.5, 0.6) is 11.5 Å². The van der Waals surface area contributed by atoms with Crippen molar-refractivity contribution < 1.29 is 19.0 Å². The van der Waals surface area contributed by atoms with Gasteiger partial charge in [-0.2, -0.15) is 0 Å². The molecule has 2 aliphatic heterocycles. The standard InChI is InChI=1S/C29H38ClN3O5S/c1-16-10-23(39-5)21(27(35)33-16)12-31-26(34)20-11-22(30)25-24(17(20)2)37-29(4,38-25)18-6-8-19(9-7-18)32-13-28(3)14-36-15-28/h10-11,18-19,32H,6-9,12-15H2,1-5H3,(H,31,34)(H,33,35)/t18-,19-,29-/m0/s1. The first-order valence-electron chi connectivity index (χ1n) is 13.6. The number of rotatable bonds is 8. The van der Waals surface area contributed by atoms with Crippen molar-refractivity contribution in [3.8, 4) is 11.5 Å². The first-order valence-corrected chi connectivity index (χ1v) is 15.2. The fourth-order valence-corrected chi connectivity index (χ4v) is 6.75. The Morgan fingerprint density at radius 2 is 1.82 bits per heavy atom. The highest BCUT2D eigenvalue weighted by Gasteiger charge is 2.47. The third kappa shape index (κ3) is 5.69. The van der Waals surface area contributed by atoms with Crippen LogP contribution < -0.4 is 25.7 Å². The van der Waals surface area contributed by atoms with Crippen molar-refractivity contribution in [1.29, 1.82) is 0 Å². The van der Waals surface area contributed by atoms with Gasteiger partial charge in [-0.3, -0.25) is 9.59 Å². The molecule has 10 heteroatoms. The molecule has 1 atom stereocenters. The van der Waals surface area contributed by atoms with E-state index >= 15 is 0 Å². The molecule has 3 aliphatic rings. The van der Waals surface area contributed by atoms with E-state index in [0.29, 0.717) is 39.3 Å². The number of pyridine rings is 1. The van der Waals surface area contributed by atoms with E-state index in [-0.39, 0.29) is 29.3 Å². The topological polar surface area (TPSA) is 102 Å². The molecule has 0 radical (unpaired) electrons. The van der Waals surface area contributed by atoms with E-state index in [1.807, 2.05) is 33.1 Å².